The van der Waals surface area contributed by atoms with Crippen molar-refractivity contribution in [3.63, 3.8) is 0 Å². The maximum atomic E-state index is 12.9. The fourth-order valence-corrected chi connectivity index (χ4v) is 3.11. The molecule has 142 valence electrons. The quantitative estimate of drug-likeness (QED) is 0.385. The van der Waals surface area contributed by atoms with Crippen LogP contribution in [0, 0.1) is 25.2 Å². The second-order valence-electron chi connectivity index (χ2n) is 6.28. The van der Waals surface area contributed by atoms with Crippen LogP contribution in [-0.4, -0.2) is 24.1 Å². The molecule has 0 unspecified atom stereocenters. The highest BCUT2D eigenvalue weighted by atomic mass is 16.5. The first-order chi connectivity index (χ1) is 13.0. The summed E-state index contributed by atoms with van der Waals surface area (Å²) in [5.74, 6) is 0.933. The number of ether oxygens (including phenoxy) is 2. The standard InChI is InChI=1S/C22H26N2O3/c1-6-10-24-15(3)11-19(16(24)4)22(25)18(14-23)12-17-8-9-20(27-7-2)21(13-17)26-5/h8-9,11-13H,6-7,10H2,1-5H3/b18-12+. The van der Waals surface area contributed by atoms with Crippen molar-refractivity contribution in [2.24, 2.45) is 0 Å². The number of ketones is 1. The van der Waals surface area contributed by atoms with Gasteiger partial charge < -0.3 is 14.0 Å². The van der Waals surface area contributed by atoms with Crippen molar-refractivity contribution in [2.45, 2.75) is 40.7 Å². The molecule has 1 aromatic carbocycles. The number of allylic oxidation sites excluding steroid dienone is 1. The van der Waals surface area contributed by atoms with Crippen molar-refractivity contribution in [1.29, 1.82) is 5.26 Å². The molecule has 5 heteroatoms. The molecule has 0 atom stereocenters. The van der Waals surface area contributed by atoms with Crippen molar-refractivity contribution in [2.75, 3.05) is 13.7 Å². The third-order valence-electron chi connectivity index (χ3n) is 4.43. The molecule has 0 bridgehead atoms. The van der Waals surface area contributed by atoms with Crippen LogP contribution in [0.15, 0.2) is 29.8 Å². The van der Waals surface area contributed by atoms with E-state index in [2.05, 4.69) is 11.5 Å². The molecular weight excluding hydrogens is 340 g/mol. The lowest BCUT2D eigenvalue weighted by atomic mass is 10.0. The molecule has 0 saturated carbocycles. The summed E-state index contributed by atoms with van der Waals surface area (Å²) in [5.41, 5.74) is 3.30. The van der Waals surface area contributed by atoms with E-state index in [0.29, 0.717) is 29.2 Å². The molecule has 2 rings (SSSR count). The Morgan fingerprint density at radius 3 is 2.56 bits per heavy atom. The number of hydrogen-bond acceptors (Lipinski definition) is 4. The lowest BCUT2D eigenvalue weighted by molar-refractivity contribution is 0.103. The van der Waals surface area contributed by atoms with Crippen molar-refractivity contribution in [3.8, 4) is 17.6 Å². The van der Waals surface area contributed by atoms with Crippen LogP contribution in [0.5, 0.6) is 11.5 Å². The van der Waals surface area contributed by atoms with Gasteiger partial charge in [0.25, 0.3) is 0 Å². The number of carbonyl (C=O) groups is 1. The topological polar surface area (TPSA) is 64.2 Å². The van der Waals surface area contributed by atoms with Crippen LogP contribution in [0.1, 0.15) is 47.6 Å². The summed E-state index contributed by atoms with van der Waals surface area (Å²) >= 11 is 0. The van der Waals surface area contributed by atoms with Crippen molar-refractivity contribution >= 4 is 11.9 Å². The fraction of sp³-hybridized carbons (Fsp3) is 0.364. The van der Waals surface area contributed by atoms with Gasteiger partial charge in [-0.05, 0) is 57.0 Å². The predicted molar refractivity (Wildman–Crippen MR) is 106 cm³/mol. The zero-order chi connectivity index (χ0) is 20.0. The average molecular weight is 366 g/mol. The van der Waals surface area contributed by atoms with Gasteiger partial charge in [0.2, 0.25) is 5.78 Å². The van der Waals surface area contributed by atoms with E-state index in [9.17, 15) is 10.1 Å². The molecule has 0 aliphatic carbocycles. The molecule has 0 amide bonds. The zero-order valence-electron chi connectivity index (χ0n) is 16.6. The van der Waals surface area contributed by atoms with E-state index in [0.717, 1.165) is 24.4 Å². The number of hydrogen-bond donors (Lipinski definition) is 0. The maximum absolute atomic E-state index is 12.9. The first-order valence-electron chi connectivity index (χ1n) is 9.10. The van der Waals surface area contributed by atoms with Crippen LogP contribution in [0.3, 0.4) is 0 Å². The molecular formula is C22H26N2O3. The monoisotopic (exact) mass is 366 g/mol. The molecule has 0 fully saturated rings. The smallest absolute Gasteiger partial charge is 0.205 e. The summed E-state index contributed by atoms with van der Waals surface area (Å²) in [7, 11) is 1.56. The molecule has 1 aromatic heterocycles. The molecule has 0 N–H and O–H groups in total. The third kappa shape index (κ3) is 4.40. The van der Waals surface area contributed by atoms with Crippen LogP contribution in [0.2, 0.25) is 0 Å². The fourth-order valence-electron chi connectivity index (χ4n) is 3.11. The Bertz CT molecular complexity index is 901. The highest BCUT2D eigenvalue weighted by molar-refractivity contribution is 6.14. The number of aromatic nitrogens is 1. The Labute approximate surface area is 160 Å². The number of aryl methyl sites for hydroxylation is 1. The van der Waals surface area contributed by atoms with Gasteiger partial charge in [0, 0.05) is 23.5 Å². The van der Waals surface area contributed by atoms with E-state index < -0.39 is 0 Å². The predicted octanol–water partition coefficient (Wildman–Crippen LogP) is 4.71. The largest absolute Gasteiger partial charge is 0.493 e. The van der Waals surface area contributed by atoms with Gasteiger partial charge in [0.15, 0.2) is 11.5 Å². The summed E-state index contributed by atoms with van der Waals surface area (Å²) in [6, 6.07) is 9.25. The number of benzene rings is 1. The number of rotatable bonds is 8. The van der Waals surface area contributed by atoms with E-state index in [1.54, 1.807) is 31.4 Å². The van der Waals surface area contributed by atoms with Gasteiger partial charge in [-0.15, -0.1) is 0 Å². The summed E-state index contributed by atoms with van der Waals surface area (Å²) in [6.45, 7) is 9.28. The first-order valence-corrected chi connectivity index (χ1v) is 9.10. The number of Topliss-reactive ketones (excluding diaryl/α,β-unsaturated/α-hetero) is 1. The SMILES string of the molecule is CCCn1c(C)cc(C(=O)/C(C#N)=C/c2ccc(OCC)c(OC)c2)c1C. The Morgan fingerprint density at radius 1 is 1.22 bits per heavy atom. The molecule has 0 aliphatic heterocycles. The van der Waals surface area contributed by atoms with E-state index >= 15 is 0 Å². The Balaban J connectivity index is 2.41. The molecule has 0 saturated heterocycles. The Kier molecular flexibility index (Phi) is 6.84. The average Bonchev–Trinajstić information content (AvgIpc) is 2.95. The van der Waals surface area contributed by atoms with E-state index in [4.69, 9.17) is 9.47 Å². The summed E-state index contributed by atoms with van der Waals surface area (Å²) in [4.78, 5) is 12.9. The summed E-state index contributed by atoms with van der Waals surface area (Å²) in [6.07, 6.45) is 2.57. The molecule has 0 spiro atoms. The van der Waals surface area contributed by atoms with E-state index in [1.165, 1.54) is 0 Å². The second kappa shape index (κ2) is 9.09. The summed E-state index contributed by atoms with van der Waals surface area (Å²) in [5, 5.41) is 9.55. The van der Waals surface area contributed by atoms with Crippen molar-refractivity contribution < 1.29 is 14.3 Å². The highest BCUT2D eigenvalue weighted by Gasteiger charge is 2.19. The third-order valence-corrected chi connectivity index (χ3v) is 4.43. The molecule has 0 aliphatic rings. The van der Waals surface area contributed by atoms with Gasteiger partial charge >= 0.3 is 0 Å². The first kappa shape index (κ1) is 20.3. The normalized spacial score (nSPS) is 11.2. The van der Waals surface area contributed by atoms with E-state index in [1.807, 2.05) is 32.9 Å². The van der Waals surface area contributed by atoms with Crippen LogP contribution in [0.25, 0.3) is 6.08 Å². The van der Waals surface area contributed by atoms with E-state index in [-0.39, 0.29) is 11.4 Å². The minimum Gasteiger partial charge on any atom is -0.493 e. The number of nitrogens with zero attached hydrogens (tertiary/aromatic N) is 2. The van der Waals surface area contributed by atoms with Gasteiger partial charge in [-0.3, -0.25) is 4.79 Å². The van der Waals surface area contributed by atoms with Gasteiger partial charge in [-0.2, -0.15) is 5.26 Å². The maximum Gasteiger partial charge on any atom is 0.205 e. The second-order valence-corrected chi connectivity index (χ2v) is 6.28. The van der Waals surface area contributed by atoms with Crippen LogP contribution in [0.4, 0.5) is 0 Å². The molecule has 27 heavy (non-hydrogen) atoms. The highest BCUT2D eigenvalue weighted by Crippen LogP contribution is 2.29. The molecule has 0 radical (unpaired) electrons. The number of carbonyl (C=O) groups excluding carboxylic acids is 1. The molecule has 2 aromatic rings. The minimum atomic E-state index is -0.263. The number of nitriles is 1. The van der Waals surface area contributed by atoms with Crippen LogP contribution < -0.4 is 9.47 Å². The number of methoxy groups -OCH3 is 1. The lowest BCUT2D eigenvalue weighted by Gasteiger charge is -2.10. The molecule has 5 nitrogen and oxygen atoms in total. The lowest BCUT2D eigenvalue weighted by Crippen LogP contribution is -2.06. The summed E-state index contributed by atoms with van der Waals surface area (Å²) < 4.78 is 13.0. The van der Waals surface area contributed by atoms with Crippen LogP contribution >= 0.6 is 0 Å². The van der Waals surface area contributed by atoms with Gasteiger partial charge in [0.05, 0.1) is 13.7 Å². The minimum absolute atomic E-state index is 0.0953. The van der Waals surface area contributed by atoms with Crippen molar-refractivity contribution in [3.05, 3.63) is 52.4 Å². The van der Waals surface area contributed by atoms with Gasteiger partial charge in [0.1, 0.15) is 11.6 Å². The van der Waals surface area contributed by atoms with Gasteiger partial charge in [-0.1, -0.05) is 13.0 Å². The molecule has 1 heterocycles. The zero-order valence-corrected chi connectivity index (χ0v) is 16.6. The van der Waals surface area contributed by atoms with Crippen molar-refractivity contribution in [1.82, 2.24) is 4.57 Å². The van der Waals surface area contributed by atoms with Crippen LogP contribution in [-0.2, 0) is 6.54 Å². The Hall–Kier alpha value is -3.00. The van der Waals surface area contributed by atoms with Gasteiger partial charge in [-0.25, -0.2) is 0 Å². The Morgan fingerprint density at radius 2 is 1.96 bits per heavy atom.